The van der Waals surface area contributed by atoms with E-state index in [9.17, 15) is 5.11 Å². The molecular formula is C24H37NO5. The van der Waals surface area contributed by atoms with Gasteiger partial charge in [0.1, 0.15) is 5.75 Å². The molecule has 4 rings (SSSR count). The summed E-state index contributed by atoms with van der Waals surface area (Å²) >= 11 is 0. The molecule has 2 aliphatic carbocycles. The number of nitrogens with zero attached hydrogens (tertiary/aromatic N) is 1. The number of piperidine rings is 1. The van der Waals surface area contributed by atoms with Crippen molar-refractivity contribution in [1.29, 1.82) is 0 Å². The molecule has 1 saturated heterocycles. The third-order valence-electron chi connectivity index (χ3n) is 7.50. The molecule has 3 aliphatic rings. The van der Waals surface area contributed by atoms with Gasteiger partial charge in [0.25, 0.3) is 0 Å². The van der Waals surface area contributed by atoms with Crippen LogP contribution in [0, 0.1) is 5.92 Å². The van der Waals surface area contributed by atoms with Crippen molar-refractivity contribution in [3.05, 3.63) is 29.3 Å². The standard InChI is InChI=1S/C24H37NO5/c1-25-9-8-24-20(22(25)16-18-6-7-19(26)17-21(18)24)4-3-5-23(24)30-15-14-29-13-12-28-11-10-27-2/h6-7,17,20,22-23,26H,3-5,8-16H2,1-2H3/t20-,22+,23-,24-/m0/s1. The molecule has 0 spiro atoms. The Morgan fingerprint density at radius 3 is 2.63 bits per heavy atom. The molecular weight excluding hydrogens is 382 g/mol. The van der Waals surface area contributed by atoms with Gasteiger partial charge in [0.15, 0.2) is 0 Å². The van der Waals surface area contributed by atoms with Gasteiger partial charge in [0, 0.05) is 18.6 Å². The first-order chi connectivity index (χ1) is 14.7. The van der Waals surface area contributed by atoms with Crippen LogP contribution < -0.4 is 0 Å². The van der Waals surface area contributed by atoms with Crippen LogP contribution in [0.1, 0.15) is 36.8 Å². The van der Waals surface area contributed by atoms with E-state index in [1.54, 1.807) is 7.11 Å². The fourth-order valence-electron chi connectivity index (χ4n) is 6.15. The van der Waals surface area contributed by atoms with Gasteiger partial charge in [0.05, 0.1) is 45.7 Å². The number of fused-ring (bicyclic) bond motifs is 1. The number of ether oxygens (including phenoxy) is 4. The van der Waals surface area contributed by atoms with Crippen molar-refractivity contribution >= 4 is 0 Å². The second-order valence-corrected chi connectivity index (χ2v) is 9.00. The van der Waals surface area contributed by atoms with E-state index >= 15 is 0 Å². The van der Waals surface area contributed by atoms with Crippen LogP contribution in [0.3, 0.4) is 0 Å². The maximum absolute atomic E-state index is 10.3. The van der Waals surface area contributed by atoms with E-state index in [1.165, 1.54) is 24.0 Å². The summed E-state index contributed by atoms with van der Waals surface area (Å²) in [5.74, 6) is 0.972. The van der Waals surface area contributed by atoms with Crippen LogP contribution in [0.25, 0.3) is 0 Å². The Morgan fingerprint density at radius 1 is 1.07 bits per heavy atom. The van der Waals surface area contributed by atoms with Gasteiger partial charge in [-0.05, 0) is 68.5 Å². The van der Waals surface area contributed by atoms with Gasteiger partial charge in [-0.25, -0.2) is 0 Å². The molecule has 168 valence electrons. The van der Waals surface area contributed by atoms with E-state index in [4.69, 9.17) is 18.9 Å². The zero-order chi connectivity index (χ0) is 21.0. The summed E-state index contributed by atoms with van der Waals surface area (Å²) in [5.41, 5.74) is 2.75. The predicted molar refractivity (Wildman–Crippen MR) is 115 cm³/mol. The number of likely N-dealkylation sites (N-methyl/N-ethyl adjacent to an activating group) is 1. The Bertz CT molecular complexity index is 698. The molecule has 0 aromatic heterocycles. The Kier molecular flexibility index (Phi) is 7.32. The van der Waals surface area contributed by atoms with Gasteiger partial charge in [-0.3, -0.25) is 0 Å². The summed E-state index contributed by atoms with van der Waals surface area (Å²) in [7, 11) is 3.94. The molecule has 1 heterocycles. The Hall–Kier alpha value is -1.18. The molecule has 6 nitrogen and oxygen atoms in total. The van der Waals surface area contributed by atoms with Crippen molar-refractivity contribution in [1.82, 2.24) is 4.90 Å². The van der Waals surface area contributed by atoms with E-state index in [0.29, 0.717) is 57.4 Å². The molecule has 1 N–H and O–H groups in total. The highest BCUT2D eigenvalue weighted by molar-refractivity contribution is 5.46. The minimum absolute atomic E-state index is 0.0189. The largest absolute Gasteiger partial charge is 0.508 e. The van der Waals surface area contributed by atoms with Gasteiger partial charge in [-0.1, -0.05) is 12.5 Å². The van der Waals surface area contributed by atoms with Crippen LogP contribution in [0.15, 0.2) is 18.2 Å². The van der Waals surface area contributed by atoms with E-state index < -0.39 is 0 Å². The lowest BCUT2D eigenvalue weighted by Crippen LogP contribution is -2.64. The molecule has 2 fully saturated rings. The molecule has 1 aromatic carbocycles. The quantitative estimate of drug-likeness (QED) is 0.589. The minimum atomic E-state index is 0.0189. The second-order valence-electron chi connectivity index (χ2n) is 9.00. The molecule has 1 saturated carbocycles. The third kappa shape index (κ3) is 4.26. The SMILES string of the molecule is COCCOCCOCCO[C@H]1CCC[C@H]2[C@H]3Cc4ccc(O)cc4[C@@]12CCN3C. The van der Waals surface area contributed by atoms with Gasteiger partial charge < -0.3 is 29.0 Å². The van der Waals surface area contributed by atoms with Crippen molar-refractivity contribution in [2.75, 3.05) is 60.3 Å². The molecule has 1 aliphatic heterocycles. The Labute approximate surface area is 180 Å². The van der Waals surface area contributed by atoms with Crippen LogP contribution in [0.2, 0.25) is 0 Å². The monoisotopic (exact) mass is 419 g/mol. The Balaban J connectivity index is 1.41. The number of phenols is 1. The average molecular weight is 420 g/mol. The van der Waals surface area contributed by atoms with Crippen molar-refractivity contribution in [3.8, 4) is 5.75 Å². The maximum Gasteiger partial charge on any atom is 0.115 e. The fraction of sp³-hybridized carbons (Fsp3) is 0.750. The van der Waals surface area contributed by atoms with Crippen LogP contribution in [0.4, 0.5) is 0 Å². The molecule has 0 amide bonds. The number of aromatic hydroxyl groups is 1. The smallest absolute Gasteiger partial charge is 0.115 e. The van der Waals surface area contributed by atoms with E-state index in [1.807, 2.05) is 12.1 Å². The number of methoxy groups -OCH3 is 1. The fourth-order valence-corrected chi connectivity index (χ4v) is 6.15. The van der Waals surface area contributed by atoms with Gasteiger partial charge >= 0.3 is 0 Å². The Morgan fingerprint density at radius 2 is 1.83 bits per heavy atom. The number of phenolic OH excluding ortho intramolecular Hbond substituents is 1. The summed E-state index contributed by atoms with van der Waals surface area (Å²) in [4.78, 5) is 2.55. The highest BCUT2D eigenvalue weighted by Crippen LogP contribution is 2.56. The molecule has 30 heavy (non-hydrogen) atoms. The summed E-state index contributed by atoms with van der Waals surface area (Å²) in [6.07, 6.45) is 5.91. The van der Waals surface area contributed by atoms with Crippen molar-refractivity contribution < 1.29 is 24.1 Å². The molecule has 0 unspecified atom stereocenters. The van der Waals surface area contributed by atoms with E-state index in [0.717, 1.165) is 25.8 Å². The van der Waals surface area contributed by atoms with Crippen molar-refractivity contribution in [2.24, 2.45) is 5.92 Å². The third-order valence-corrected chi connectivity index (χ3v) is 7.50. The highest BCUT2D eigenvalue weighted by Gasteiger charge is 2.58. The van der Waals surface area contributed by atoms with Crippen LogP contribution >= 0.6 is 0 Å². The lowest BCUT2D eigenvalue weighted by atomic mass is 9.51. The summed E-state index contributed by atoms with van der Waals surface area (Å²) < 4.78 is 22.6. The number of rotatable bonds is 10. The molecule has 1 aromatic rings. The predicted octanol–water partition coefficient (Wildman–Crippen LogP) is 2.76. The zero-order valence-electron chi connectivity index (χ0n) is 18.5. The van der Waals surface area contributed by atoms with E-state index in [-0.39, 0.29) is 11.5 Å². The molecule has 6 heteroatoms. The number of benzene rings is 1. The van der Waals surface area contributed by atoms with Crippen molar-refractivity contribution in [2.45, 2.75) is 49.7 Å². The highest BCUT2D eigenvalue weighted by atomic mass is 16.6. The first-order valence-electron chi connectivity index (χ1n) is 11.5. The average Bonchev–Trinajstić information content (AvgIpc) is 2.75. The van der Waals surface area contributed by atoms with E-state index in [2.05, 4.69) is 18.0 Å². The van der Waals surface area contributed by atoms with Crippen LogP contribution in [-0.2, 0) is 30.8 Å². The molecule has 2 bridgehead atoms. The first kappa shape index (κ1) is 22.0. The maximum atomic E-state index is 10.3. The summed E-state index contributed by atoms with van der Waals surface area (Å²) in [6, 6.07) is 6.57. The topological polar surface area (TPSA) is 60.4 Å². The summed E-state index contributed by atoms with van der Waals surface area (Å²) in [5, 5.41) is 10.3. The van der Waals surface area contributed by atoms with Gasteiger partial charge in [-0.15, -0.1) is 0 Å². The van der Waals surface area contributed by atoms with Gasteiger partial charge in [-0.2, -0.15) is 0 Å². The second kappa shape index (κ2) is 9.96. The lowest BCUT2D eigenvalue weighted by molar-refractivity contribution is -0.115. The van der Waals surface area contributed by atoms with Crippen LogP contribution in [0.5, 0.6) is 5.75 Å². The van der Waals surface area contributed by atoms with Gasteiger partial charge in [0.2, 0.25) is 0 Å². The lowest BCUT2D eigenvalue weighted by Gasteiger charge is -2.61. The molecule has 4 atom stereocenters. The first-order valence-corrected chi connectivity index (χ1v) is 11.5. The van der Waals surface area contributed by atoms with Crippen molar-refractivity contribution in [3.63, 3.8) is 0 Å². The number of hydrogen-bond acceptors (Lipinski definition) is 6. The minimum Gasteiger partial charge on any atom is -0.508 e. The zero-order valence-corrected chi connectivity index (χ0v) is 18.5. The normalized spacial score (nSPS) is 30.7. The van der Waals surface area contributed by atoms with Crippen LogP contribution in [-0.4, -0.2) is 82.5 Å². The summed E-state index contributed by atoms with van der Waals surface area (Å²) in [6.45, 7) is 4.65. The number of likely N-dealkylation sites (tertiary alicyclic amines) is 1. The number of hydrogen-bond donors (Lipinski definition) is 1. The molecule has 0 radical (unpaired) electrons.